The van der Waals surface area contributed by atoms with E-state index in [2.05, 4.69) is 45.3 Å². The van der Waals surface area contributed by atoms with Crippen LogP contribution in [0, 0.1) is 0 Å². The van der Waals surface area contributed by atoms with E-state index in [1.165, 1.54) is 18.4 Å². The minimum atomic E-state index is 0.622. The van der Waals surface area contributed by atoms with Gasteiger partial charge in [0.05, 0.1) is 4.47 Å². The second-order valence-electron chi connectivity index (χ2n) is 5.49. The third kappa shape index (κ3) is 3.45. The van der Waals surface area contributed by atoms with Gasteiger partial charge in [-0.3, -0.25) is 0 Å². The Morgan fingerprint density at radius 3 is 2.90 bits per heavy atom. The molecule has 1 aromatic carbocycles. The zero-order chi connectivity index (χ0) is 13.9. The molecule has 0 unspecified atom stereocenters. The summed E-state index contributed by atoms with van der Waals surface area (Å²) in [4.78, 5) is 2.44. The van der Waals surface area contributed by atoms with Crippen LogP contribution in [0.15, 0.2) is 16.6 Å². The third-order valence-corrected chi connectivity index (χ3v) is 4.39. The van der Waals surface area contributed by atoms with E-state index in [0.29, 0.717) is 13.2 Å². The molecule has 20 heavy (non-hydrogen) atoms. The molecule has 0 spiro atoms. The number of fused-ring (bicyclic) bond motifs is 1. The zero-order valence-corrected chi connectivity index (χ0v) is 13.4. The molecular weight excluding hydrogens is 320 g/mol. The van der Waals surface area contributed by atoms with Crippen molar-refractivity contribution in [2.75, 3.05) is 33.4 Å². The Labute approximate surface area is 128 Å². The van der Waals surface area contributed by atoms with Crippen molar-refractivity contribution in [2.24, 2.45) is 0 Å². The van der Waals surface area contributed by atoms with Crippen LogP contribution in [0.3, 0.4) is 0 Å². The quantitative estimate of drug-likeness (QED) is 0.806. The first kappa shape index (κ1) is 14.2. The molecular formula is C15H21BrN2O2. The topological polar surface area (TPSA) is 33.7 Å². The monoisotopic (exact) mass is 340 g/mol. The van der Waals surface area contributed by atoms with Crippen LogP contribution in [0.1, 0.15) is 18.4 Å². The van der Waals surface area contributed by atoms with Gasteiger partial charge in [0.2, 0.25) is 0 Å². The fourth-order valence-electron chi connectivity index (χ4n) is 2.45. The predicted molar refractivity (Wildman–Crippen MR) is 82.5 cm³/mol. The summed E-state index contributed by atoms with van der Waals surface area (Å²) in [7, 11) is 2.21. The lowest BCUT2D eigenvalue weighted by Gasteiger charge is -2.21. The van der Waals surface area contributed by atoms with Gasteiger partial charge >= 0.3 is 0 Å². The molecule has 0 saturated heterocycles. The Kier molecular flexibility index (Phi) is 4.48. The molecule has 1 aliphatic heterocycles. The van der Waals surface area contributed by atoms with Crippen LogP contribution in [0.2, 0.25) is 0 Å². The van der Waals surface area contributed by atoms with Crippen LogP contribution in [0.5, 0.6) is 11.5 Å². The highest BCUT2D eigenvalue weighted by atomic mass is 79.9. The summed E-state index contributed by atoms with van der Waals surface area (Å²) in [5, 5.41) is 3.49. The molecule has 4 nitrogen and oxygen atoms in total. The van der Waals surface area contributed by atoms with Crippen LogP contribution >= 0.6 is 15.9 Å². The van der Waals surface area contributed by atoms with Gasteiger partial charge in [0.15, 0.2) is 11.5 Å². The van der Waals surface area contributed by atoms with Crippen molar-refractivity contribution in [3.63, 3.8) is 0 Å². The number of nitrogens with one attached hydrogen (secondary N) is 1. The molecule has 1 saturated carbocycles. The molecule has 1 heterocycles. The molecule has 0 atom stereocenters. The van der Waals surface area contributed by atoms with Crippen LogP contribution in [-0.2, 0) is 6.54 Å². The van der Waals surface area contributed by atoms with Gasteiger partial charge < -0.3 is 19.7 Å². The van der Waals surface area contributed by atoms with Gasteiger partial charge in [-0.2, -0.15) is 0 Å². The fraction of sp³-hybridized carbons (Fsp3) is 0.600. The van der Waals surface area contributed by atoms with E-state index in [9.17, 15) is 0 Å². The van der Waals surface area contributed by atoms with E-state index in [0.717, 1.165) is 41.6 Å². The number of likely N-dealkylation sites (N-methyl/N-ethyl adjacent to an activating group) is 1. The van der Waals surface area contributed by atoms with Crippen molar-refractivity contribution in [3.8, 4) is 11.5 Å². The largest absolute Gasteiger partial charge is 0.486 e. The lowest BCUT2D eigenvalue weighted by Crippen LogP contribution is -2.30. The van der Waals surface area contributed by atoms with Crippen molar-refractivity contribution >= 4 is 15.9 Å². The van der Waals surface area contributed by atoms with Crippen LogP contribution in [-0.4, -0.2) is 44.3 Å². The highest BCUT2D eigenvalue weighted by Gasteiger charge is 2.25. The summed E-state index contributed by atoms with van der Waals surface area (Å²) in [6, 6.07) is 5.00. The number of ether oxygens (including phenoxy) is 2. The molecule has 3 rings (SSSR count). The van der Waals surface area contributed by atoms with Gasteiger partial charge in [-0.15, -0.1) is 0 Å². The maximum absolute atomic E-state index is 5.64. The number of hydrogen-bond acceptors (Lipinski definition) is 4. The van der Waals surface area contributed by atoms with E-state index in [1.807, 2.05) is 0 Å². The molecule has 0 amide bonds. The summed E-state index contributed by atoms with van der Waals surface area (Å²) in [6.45, 7) is 4.22. The van der Waals surface area contributed by atoms with Crippen molar-refractivity contribution in [2.45, 2.75) is 25.4 Å². The predicted octanol–water partition coefficient (Wildman–Crippen LogP) is 2.40. The van der Waals surface area contributed by atoms with Gasteiger partial charge in [-0.25, -0.2) is 0 Å². The first-order chi connectivity index (χ1) is 9.74. The van der Waals surface area contributed by atoms with E-state index < -0.39 is 0 Å². The van der Waals surface area contributed by atoms with Gasteiger partial charge in [0.25, 0.3) is 0 Å². The minimum Gasteiger partial charge on any atom is -0.486 e. The Morgan fingerprint density at radius 2 is 2.10 bits per heavy atom. The molecule has 1 aliphatic carbocycles. The van der Waals surface area contributed by atoms with E-state index in [1.54, 1.807) is 0 Å². The molecule has 110 valence electrons. The summed E-state index contributed by atoms with van der Waals surface area (Å²) in [5.41, 5.74) is 1.22. The normalized spacial score (nSPS) is 17.6. The van der Waals surface area contributed by atoms with Gasteiger partial charge in [0, 0.05) is 25.7 Å². The maximum Gasteiger partial charge on any atom is 0.175 e. The molecule has 1 N–H and O–H groups in total. The molecule has 1 fully saturated rings. The van der Waals surface area contributed by atoms with Crippen molar-refractivity contribution in [1.29, 1.82) is 0 Å². The lowest BCUT2D eigenvalue weighted by atomic mass is 10.2. The third-order valence-electron chi connectivity index (χ3n) is 3.80. The summed E-state index contributed by atoms with van der Waals surface area (Å²) < 4.78 is 12.2. The molecule has 0 aromatic heterocycles. The summed E-state index contributed by atoms with van der Waals surface area (Å²) in [6.07, 6.45) is 2.73. The van der Waals surface area contributed by atoms with Gasteiger partial charge in [-0.1, -0.05) is 0 Å². The first-order valence-corrected chi connectivity index (χ1v) is 8.02. The highest BCUT2D eigenvalue weighted by Crippen LogP contribution is 2.38. The smallest absolute Gasteiger partial charge is 0.175 e. The first-order valence-electron chi connectivity index (χ1n) is 7.23. The number of halogens is 1. The highest BCUT2D eigenvalue weighted by molar-refractivity contribution is 9.10. The van der Waals surface area contributed by atoms with E-state index >= 15 is 0 Å². The number of nitrogens with zero attached hydrogens (tertiary/aromatic N) is 1. The van der Waals surface area contributed by atoms with Crippen LogP contribution in [0.4, 0.5) is 0 Å². The van der Waals surface area contributed by atoms with E-state index in [-0.39, 0.29) is 0 Å². The molecule has 5 heteroatoms. The SMILES string of the molecule is CN(CCNCc1cc(Br)c2c(c1)OCCO2)C1CC1. The molecule has 1 aromatic rings. The van der Waals surface area contributed by atoms with Crippen molar-refractivity contribution < 1.29 is 9.47 Å². The number of benzene rings is 1. The summed E-state index contributed by atoms with van der Waals surface area (Å²) in [5.74, 6) is 1.67. The molecule has 0 radical (unpaired) electrons. The van der Waals surface area contributed by atoms with Gasteiger partial charge in [-0.05, 0) is 53.5 Å². The average molecular weight is 341 g/mol. The van der Waals surface area contributed by atoms with Crippen molar-refractivity contribution in [1.82, 2.24) is 10.2 Å². The Balaban J connectivity index is 1.50. The van der Waals surface area contributed by atoms with Crippen molar-refractivity contribution in [3.05, 3.63) is 22.2 Å². The number of hydrogen-bond donors (Lipinski definition) is 1. The van der Waals surface area contributed by atoms with Crippen LogP contribution < -0.4 is 14.8 Å². The Bertz CT molecular complexity index is 477. The molecule has 2 aliphatic rings. The second kappa shape index (κ2) is 6.33. The lowest BCUT2D eigenvalue weighted by molar-refractivity contribution is 0.170. The summed E-state index contributed by atoms with van der Waals surface area (Å²) >= 11 is 3.55. The second-order valence-corrected chi connectivity index (χ2v) is 6.34. The Hall–Kier alpha value is -0.780. The van der Waals surface area contributed by atoms with Gasteiger partial charge in [0.1, 0.15) is 13.2 Å². The number of rotatable bonds is 6. The standard InChI is InChI=1S/C15H21BrN2O2/c1-18(12-2-3-12)5-4-17-10-11-8-13(16)15-14(9-11)19-6-7-20-15/h8-9,12,17H,2-7,10H2,1H3. The average Bonchev–Trinajstić information content (AvgIpc) is 3.28. The van der Waals surface area contributed by atoms with E-state index in [4.69, 9.17) is 9.47 Å². The zero-order valence-electron chi connectivity index (χ0n) is 11.8. The van der Waals surface area contributed by atoms with Crippen LogP contribution in [0.25, 0.3) is 0 Å². The molecule has 0 bridgehead atoms. The fourth-order valence-corrected chi connectivity index (χ4v) is 3.06. The Morgan fingerprint density at radius 1 is 1.30 bits per heavy atom. The maximum atomic E-state index is 5.64. The minimum absolute atomic E-state index is 0.622.